The Kier molecular flexibility index (Phi) is 5.88. The van der Waals surface area contributed by atoms with Crippen LogP contribution in [0.4, 0.5) is 0 Å². The lowest BCUT2D eigenvalue weighted by Gasteiger charge is -2.18. The Morgan fingerprint density at radius 1 is 1.22 bits per heavy atom. The van der Waals surface area contributed by atoms with Gasteiger partial charge in [0.15, 0.2) is 11.5 Å². The van der Waals surface area contributed by atoms with E-state index in [-0.39, 0.29) is 12.0 Å². The zero-order valence-corrected chi connectivity index (χ0v) is 14.5. The molecule has 0 aliphatic heterocycles. The summed E-state index contributed by atoms with van der Waals surface area (Å²) in [5.74, 6) is 1.43. The smallest absolute Gasteiger partial charge is 0.230 e. The van der Waals surface area contributed by atoms with Crippen molar-refractivity contribution in [3.63, 3.8) is 0 Å². The third kappa shape index (κ3) is 4.16. The molecular weight excluding hydrogens is 294 g/mol. The molecule has 1 fully saturated rings. The molecule has 1 saturated carbocycles. The van der Waals surface area contributed by atoms with Crippen LogP contribution in [0.3, 0.4) is 0 Å². The van der Waals surface area contributed by atoms with Crippen molar-refractivity contribution in [1.29, 1.82) is 0 Å². The molecule has 0 bridgehead atoms. The van der Waals surface area contributed by atoms with Gasteiger partial charge in [0.1, 0.15) is 0 Å². The van der Waals surface area contributed by atoms with E-state index >= 15 is 0 Å². The lowest BCUT2D eigenvalue weighted by molar-refractivity contribution is -0.123. The van der Waals surface area contributed by atoms with Crippen LogP contribution in [0.1, 0.15) is 38.7 Å². The summed E-state index contributed by atoms with van der Waals surface area (Å²) in [4.78, 5) is 12.6. The number of nitrogens with one attached hydrogen (secondary N) is 1. The Morgan fingerprint density at radius 2 is 1.91 bits per heavy atom. The summed E-state index contributed by atoms with van der Waals surface area (Å²) >= 11 is 0. The molecule has 0 aromatic heterocycles. The van der Waals surface area contributed by atoms with Crippen LogP contribution in [-0.4, -0.2) is 39.4 Å². The molecule has 0 heterocycles. The fourth-order valence-electron chi connectivity index (χ4n) is 2.67. The third-order valence-corrected chi connectivity index (χ3v) is 4.18. The molecule has 1 aromatic rings. The van der Waals surface area contributed by atoms with Gasteiger partial charge >= 0.3 is 0 Å². The second-order valence-corrected chi connectivity index (χ2v) is 6.18. The van der Waals surface area contributed by atoms with Gasteiger partial charge in [0, 0.05) is 13.2 Å². The van der Waals surface area contributed by atoms with Gasteiger partial charge in [-0.15, -0.1) is 0 Å². The fraction of sp³-hybridized carbons (Fsp3) is 0.611. The van der Waals surface area contributed by atoms with E-state index in [0.717, 1.165) is 24.8 Å². The van der Waals surface area contributed by atoms with Gasteiger partial charge < -0.3 is 19.5 Å². The summed E-state index contributed by atoms with van der Waals surface area (Å²) in [6.07, 6.45) is 2.80. The van der Waals surface area contributed by atoms with Crippen molar-refractivity contribution in [2.24, 2.45) is 0 Å². The first-order valence-corrected chi connectivity index (χ1v) is 8.16. The van der Waals surface area contributed by atoms with Crippen molar-refractivity contribution in [3.05, 3.63) is 23.8 Å². The number of hydrogen-bond acceptors (Lipinski definition) is 4. The van der Waals surface area contributed by atoms with Gasteiger partial charge in [-0.25, -0.2) is 0 Å². The quantitative estimate of drug-likeness (QED) is 0.711. The van der Waals surface area contributed by atoms with Crippen LogP contribution in [0.25, 0.3) is 0 Å². The summed E-state index contributed by atoms with van der Waals surface area (Å²) < 4.78 is 16.1. The highest BCUT2D eigenvalue weighted by atomic mass is 16.5. The van der Waals surface area contributed by atoms with Crippen LogP contribution in [0.2, 0.25) is 0 Å². The summed E-state index contributed by atoms with van der Waals surface area (Å²) in [5.41, 5.74) is 0.587. The maximum Gasteiger partial charge on any atom is 0.230 e. The van der Waals surface area contributed by atoms with Gasteiger partial charge in [0.25, 0.3) is 0 Å². The monoisotopic (exact) mass is 321 g/mol. The molecule has 1 aliphatic carbocycles. The summed E-state index contributed by atoms with van der Waals surface area (Å²) in [5, 5.41) is 3.03. The van der Waals surface area contributed by atoms with E-state index in [4.69, 9.17) is 14.2 Å². The summed E-state index contributed by atoms with van der Waals surface area (Å²) in [7, 11) is 3.21. The van der Waals surface area contributed by atoms with E-state index in [2.05, 4.69) is 5.32 Å². The zero-order chi connectivity index (χ0) is 16.9. The minimum atomic E-state index is -0.404. The number of ether oxygens (including phenoxy) is 3. The maximum atomic E-state index is 12.6. The van der Waals surface area contributed by atoms with E-state index in [1.165, 1.54) is 0 Å². The van der Waals surface area contributed by atoms with E-state index in [9.17, 15) is 4.79 Å². The molecule has 1 aromatic carbocycles. The molecule has 1 aliphatic rings. The number of amides is 1. The normalized spacial score (nSPS) is 15.3. The zero-order valence-electron chi connectivity index (χ0n) is 14.5. The van der Waals surface area contributed by atoms with E-state index in [1.54, 1.807) is 14.2 Å². The highest BCUT2D eigenvalue weighted by Crippen LogP contribution is 2.50. The first-order chi connectivity index (χ1) is 11.0. The Balaban J connectivity index is 1.95. The van der Waals surface area contributed by atoms with Crippen molar-refractivity contribution in [1.82, 2.24) is 5.32 Å². The standard InChI is InChI=1S/C18H27NO4/c1-13(2)23-11-5-10-19-17(20)18(8-9-18)14-6-7-15(21-3)16(12-14)22-4/h6-7,12-13H,5,8-11H2,1-4H3,(H,19,20). The molecule has 23 heavy (non-hydrogen) atoms. The van der Waals surface area contributed by atoms with Gasteiger partial charge in [-0.1, -0.05) is 6.07 Å². The van der Waals surface area contributed by atoms with Crippen LogP contribution in [0, 0.1) is 0 Å². The topological polar surface area (TPSA) is 56.8 Å². The molecule has 0 saturated heterocycles. The number of carbonyl (C=O) groups is 1. The molecule has 2 rings (SSSR count). The minimum absolute atomic E-state index is 0.0919. The highest BCUT2D eigenvalue weighted by molar-refractivity contribution is 5.91. The van der Waals surface area contributed by atoms with E-state index in [1.807, 2.05) is 32.0 Å². The van der Waals surface area contributed by atoms with Crippen LogP contribution >= 0.6 is 0 Å². The second-order valence-electron chi connectivity index (χ2n) is 6.18. The summed E-state index contributed by atoms with van der Waals surface area (Å²) in [6.45, 7) is 5.32. The van der Waals surface area contributed by atoms with Crippen LogP contribution < -0.4 is 14.8 Å². The van der Waals surface area contributed by atoms with E-state index < -0.39 is 5.41 Å². The third-order valence-electron chi connectivity index (χ3n) is 4.18. The molecule has 0 spiro atoms. The van der Waals surface area contributed by atoms with Gasteiger partial charge in [0.2, 0.25) is 5.91 Å². The number of benzene rings is 1. The lowest BCUT2D eigenvalue weighted by Crippen LogP contribution is -2.35. The van der Waals surface area contributed by atoms with Crippen molar-refractivity contribution in [3.8, 4) is 11.5 Å². The van der Waals surface area contributed by atoms with Crippen molar-refractivity contribution < 1.29 is 19.0 Å². The molecule has 0 unspecified atom stereocenters. The first-order valence-electron chi connectivity index (χ1n) is 8.16. The highest BCUT2D eigenvalue weighted by Gasteiger charge is 2.51. The van der Waals surface area contributed by atoms with Gasteiger partial charge in [-0.2, -0.15) is 0 Å². The van der Waals surface area contributed by atoms with Crippen LogP contribution in [0.15, 0.2) is 18.2 Å². The molecule has 1 N–H and O–H groups in total. The van der Waals surface area contributed by atoms with E-state index in [0.29, 0.717) is 24.7 Å². The number of rotatable bonds is 9. The number of methoxy groups -OCH3 is 2. The Labute approximate surface area is 138 Å². The van der Waals surface area contributed by atoms with Crippen molar-refractivity contribution >= 4 is 5.91 Å². The molecule has 128 valence electrons. The minimum Gasteiger partial charge on any atom is -0.493 e. The Bertz CT molecular complexity index is 538. The van der Waals surface area contributed by atoms with Gasteiger partial charge in [0.05, 0.1) is 25.7 Å². The Morgan fingerprint density at radius 3 is 2.48 bits per heavy atom. The Hall–Kier alpha value is -1.75. The largest absolute Gasteiger partial charge is 0.493 e. The molecule has 5 nitrogen and oxygen atoms in total. The molecule has 5 heteroatoms. The SMILES string of the molecule is COc1ccc(C2(C(=O)NCCCOC(C)C)CC2)cc1OC. The predicted octanol–water partition coefficient (Wildman–Crippen LogP) is 2.67. The maximum absolute atomic E-state index is 12.6. The average Bonchev–Trinajstić information content (AvgIpc) is 3.35. The van der Waals surface area contributed by atoms with Crippen molar-refractivity contribution in [2.45, 2.75) is 44.6 Å². The summed E-state index contributed by atoms with van der Waals surface area (Å²) in [6, 6.07) is 5.72. The first kappa shape index (κ1) is 17.6. The number of carbonyl (C=O) groups excluding carboxylic acids is 1. The second kappa shape index (κ2) is 7.68. The fourth-order valence-corrected chi connectivity index (χ4v) is 2.67. The predicted molar refractivity (Wildman–Crippen MR) is 89.2 cm³/mol. The number of hydrogen-bond donors (Lipinski definition) is 1. The van der Waals surface area contributed by atoms with Crippen LogP contribution in [-0.2, 0) is 14.9 Å². The lowest BCUT2D eigenvalue weighted by atomic mass is 9.94. The van der Waals surface area contributed by atoms with Crippen molar-refractivity contribution in [2.75, 3.05) is 27.4 Å². The molecule has 0 radical (unpaired) electrons. The average molecular weight is 321 g/mol. The molecule has 1 amide bonds. The van der Waals surface area contributed by atoms with Crippen LogP contribution in [0.5, 0.6) is 11.5 Å². The molecule has 0 atom stereocenters. The van der Waals surface area contributed by atoms with Gasteiger partial charge in [-0.3, -0.25) is 4.79 Å². The molecular formula is C18H27NO4. The van der Waals surface area contributed by atoms with Gasteiger partial charge in [-0.05, 0) is 50.8 Å².